The number of thiazole rings is 1. The first-order chi connectivity index (χ1) is 7.40. The minimum Gasteiger partial charge on any atom is -0.480 e. The molecule has 0 amide bonds. The summed E-state index contributed by atoms with van der Waals surface area (Å²) in [6, 6.07) is 0. The summed E-state index contributed by atoms with van der Waals surface area (Å²) in [5.74, 6) is -2.15. The average Bonchev–Trinajstić information content (AvgIpc) is 2.44. The highest BCUT2D eigenvalue weighted by atomic mass is 32.1. The number of carbonyl (C=O) groups is 2. The van der Waals surface area contributed by atoms with Crippen LogP contribution >= 0.6 is 11.3 Å². The molecule has 0 saturated carbocycles. The fourth-order valence-corrected chi connectivity index (χ4v) is 2.02. The van der Waals surface area contributed by atoms with Crippen LogP contribution in [0.2, 0.25) is 0 Å². The van der Waals surface area contributed by atoms with Crippen molar-refractivity contribution in [2.75, 3.05) is 18.0 Å². The van der Waals surface area contributed by atoms with Gasteiger partial charge in [0, 0.05) is 4.88 Å². The molecule has 0 aliphatic rings. The molecule has 16 heavy (non-hydrogen) atoms. The number of nitrogens with zero attached hydrogens (tertiary/aromatic N) is 2. The lowest BCUT2D eigenvalue weighted by Crippen LogP contribution is -2.34. The molecule has 0 unspecified atom stereocenters. The predicted octanol–water partition coefficient (Wildman–Crippen LogP) is 0.736. The zero-order valence-electron chi connectivity index (χ0n) is 8.93. The van der Waals surface area contributed by atoms with E-state index in [1.54, 1.807) is 6.92 Å². The molecule has 88 valence electrons. The smallest absolute Gasteiger partial charge is 0.323 e. The normalized spacial score (nSPS) is 10.1. The number of carboxylic acids is 2. The highest BCUT2D eigenvalue weighted by Gasteiger charge is 2.17. The zero-order chi connectivity index (χ0) is 12.3. The molecular weight excluding hydrogens is 232 g/mol. The van der Waals surface area contributed by atoms with Gasteiger partial charge in [-0.25, -0.2) is 4.98 Å². The first kappa shape index (κ1) is 12.4. The average molecular weight is 244 g/mol. The van der Waals surface area contributed by atoms with E-state index >= 15 is 0 Å². The van der Waals surface area contributed by atoms with Crippen LogP contribution in [-0.4, -0.2) is 40.2 Å². The van der Waals surface area contributed by atoms with E-state index in [-0.39, 0.29) is 13.1 Å². The van der Waals surface area contributed by atoms with Gasteiger partial charge in [-0.1, -0.05) is 0 Å². The van der Waals surface area contributed by atoms with Crippen molar-refractivity contribution in [1.82, 2.24) is 4.98 Å². The third kappa shape index (κ3) is 3.20. The van der Waals surface area contributed by atoms with E-state index in [1.807, 2.05) is 6.92 Å². The largest absolute Gasteiger partial charge is 0.480 e. The van der Waals surface area contributed by atoms with Gasteiger partial charge in [0.15, 0.2) is 5.13 Å². The Hall–Kier alpha value is -1.63. The van der Waals surface area contributed by atoms with Crippen LogP contribution in [0.3, 0.4) is 0 Å². The fraction of sp³-hybridized carbons (Fsp3) is 0.444. The van der Waals surface area contributed by atoms with Crippen LogP contribution < -0.4 is 4.90 Å². The van der Waals surface area contributed by atoms with Gasteiger partial charge in [-0.3, -0.25) is 9.59 Å². The number of rotatable bonds is 5. The van der Waals surface area contributed by atoms with Gasteiger partial charge in [0.25, 0.3) is 0 Å². The molecule has 1 aromatic rings. The van der Waals surface area contributed by atoms with Crippen molar-refractivity contribution in [2.24, 2.45) is 0 Å². The number of carboxylic acid groups (broad SMARTS) is 2. The van der Waals surface area contributed by atoms with Crippen molar-refractivity contribution < 1.29 is 19.8 Å². The molecule has 1 rings (SSSR count). The number of anilines is 1. The van der Waals surface area contributed by atoms with Crippen LogP contribution in [0.15, 0.2) is 0 Å². The molecular formula is C9H12N2O4S. The molecule has 0 spiro atoms. The molecule has 0 bridgehead atoms. The summed E-state index contributed by atoms with van der Waals surface area (Å²) in [6.07, 6.45) is 0. The molecule has 1 heterocycles. The number of aromatic nitrogens is 1. The molecule has 0 aliphatic carbocycles. The van der Waals surface area contributed by atoms with Gasteiger partial charge in [-0.15, -0.1) is 11.3 Å². The Bertz CT molecular complexity index is 380. The van der Waals surface area contributed by atoms with Crippen molar-refractivity contribution >= 4 is 28.4 Å². The van der Waals surface area contributed by atoms with Crippen LogP contribution in [0.25, 0.3) is 0 Å². The monoisotopic (exact) mass is 244 g/mol. The maximum absolute atomic E-state index is 10.6. The first-order valence-electron chi connectivity index (χ1n) is 4.52. The summed E-state index contributed by atoms with van der Waals surface area (Å²) in [5, 5.41) is 17.8. The van der Waals surface area contributed by atoms with Gasteiger partial charge in [0.2, 0.25) is 0 Å². The lowest BCUT2D eigenvalue weighted by molar-refractivity contribution is -0.136. The van der Waals surface area contributed by atoms with Gasteiger partial charge >= 0.3 is 11.9 Å². The molecule has 0 radical (unpaired) electrons. The molecule has 0 atom stereocenters. The Morgan fingerprint density at radius 2 is 1.75 bits per heavy atom. The molecule has 6 nitrogen and oxygen atoms in total. The quantitative estimate of drug-likeness (QED) is 0.793. The second kappa shape index (κ2) is 4.93. The Morgan fingerprint density at radius 3 is 2.06 bits per heavy atom. The molecule has 0 aromatic carbocycles. The lowest BCUT2D eigenvalue weighted by atomic mass is 10.4. The van der Waals surface area contributed by atoms with Gasteiger partial charge in [0.05, 0.1) is 5.69 Å². The summed E-state index contributed by atoms with van der Waals surface area (Å²) in [6.45, 7) is 2.93. The summed E-state index contributed by atoms with van der Waals surface area (Å²) >= 11 is 1.29. The predicted molar refractivity (Wildman–Crippen MR) is 59.1 cm³/mol. The number of hydrogen-bond donors (Lipinski definition) is 2. The van der Waals surface area contributed by atoms with Crippen LogP contribution in [0, 0.1) is 13.8 Å². The van der Waals surface area contributed by atoms with Crippen LogP contribution in [0.4, 0.5) is 5.13 Å². The van der Waals surface area contributed by atoms with Gasteiger partial charge in [0.1, 0.15) is 13.1 Å². The van der Waals surface area contributed by atoms with E-state index in [2.05, 4.69) is 4.98 Å². The zero-order valence-corrected chi connectivity index (χ0v) is 9.74. The van der Waals surface area contributed by atoms with Crippen molar-refractivity contribution in [3.05, 3.63) is 10.6 Å². The summed E-state index contributed by atoms with van der Waals surface area (Å²) in [4.78, 5) is 27.5. The topological polar surface area (TPSA) is 90.7 Å². The second-order valence-electron chi connectivity index (χ2n) is 3.28. The number of hydrogen-bond acceptors (Lipinski definition) is 5. The van der Waals surface area contributed by atoms with E-state index in [0.717, 1.165) is 10.6 Å². The summed E-state index contributed by atoms with van der Waals surface area (Å²) < 4.78 is 0. The number of aliphatic carboxylic acids is 2. The highest BCUT2D eigenvalue weighted by molar-refractivity contribution is 7.15. The third-order valence-electron chi connectivity index (χ3n) is 1.94. The Kier molecular flexibility index (Phi) is 3.83. The standard InChI is InChI=1S/C9H12N2O4S/c1-5-6(2)16-9(10-5)11(3-7(12)13)4-8(14)15/h3-4H2,1-2H3,(H,12,13)(H,14,15). The van der Waals surface area contributed by atoms with E-state index in [4.69, 9.17) is 10.2 Å². The second-order valence-corrected chi connectivity index (χ2v) is 4.46. The molecule has 0 saturated heterocycles. The fourth-order valence-electron chi connectivity index (χ4n) is 1.11. The lowest BCUT2D eigenvalue weighted by Gasteiger charge is -2.16. The SMILES string of the molecule is Cc1nc(N(CC(=O)O)CC(=O)O)sc1C. The molecule has 0 aliphatic heterocycles. The van der Waals surface area contributed by atoms with Gasteiger partial charge in [-0.05, 0) is 13.8 Å². The Balaban J connectivity index is 2.90. The van der Waals surface area contributed by atoms with Crippen molar-refractivity contribution in [1.29, 1.82) is 0 Å². The minimum absolute atomic E-state index is 0.362. The van der Waals surface area contributed by atoms with E-state index < -0.39 is 11.9 Å². The molecule has 2 N–H and O–H groups in total. The summed E-state index contributed by atoms with van der Waals surface area (Å²) in [5.41, 5.74) is 0.792. The van der Waals surface area contributed by atoms with Crippen molar-refractivity contribution in [3.63, 3.8) is 0 Å². The maximum atomic E-state index is 10.6. The van der Waals surface area contributed by atoms with E-state index in [1.165, 1.54) is 16.2 Å². The first-order valence-corrected chi connectivity index (χ1v) is 5.34. The maximum Gasteiger partial charge on any atom is 0.323 e. The van der Waals surface area contributed by atoms with Crippen molar-refractivity contribution in [2.45, 2.75) is 13.8 Å². The van der Waals surface area contributed by atoms with Crippen LogP contribution in [0.5, 0.6) is 0 Å². The molecule has 0 fully saturated rings. The highest BCUT2D eigenvalue weighted by Crippen LogP contribution is 2.24. The minimum atomic E-state index is -1.08. The van der Waals surface area contributed by atoms with Gasteiger partial charge in [-0.2, -0.15) is 0 Å². The number of aryl methyl sites for hydroxylation is 2. The van der Waals surface area contributed by atoms with Crippen molar-refractivity contribution in [3.8, 4) is 0 Å². The third-order valence-corrected chi connectivity index (χ3v) is 3.07. The van der Waals surface area contributed by atoms with E-state index in [0.29, 0.717) is 5.13 Å². The van der Waals surface area contributed by atoms with E-state index in [9.17, 15) is 9.59 Å². The Labute approximate surface area is 96.2 Å². The van der Waals surface area contributed by atoms with Crippen LogP contribution in [-0.2, 0) is 9.59 Å². The molecule has 1 aromatic heterocycles. The van der Waals surface area contributed by atoms with Gasteiger partial charge < -0.3 is 15.1 Å². The summed E-state index contributed by atoms with van der Waals surface area (Å²) in [7, 11) is 0. The van der Waals surface area contributed by atoms with Crippen LogP contribution in [0.1, 0.15) is 10.6 Å². The Morgan fingerprint density at radius 1 is 1.25 bits per heavy atom. The molecule has 7 heteroatoms.